The summed E-state index contributed by atoms with van der Waals surface area (Å²) >= 11 is 1.62. The van der Waals surface area contributed by atoms with Gasteiger partial charge in [-0.1, -0.05) is 0 Å². The highest BCUT2D eigenvalue weighted by Gasteiger charge is 2.09. The van der Waals surface area contributed by atoms with Crippen molar-refractivity contribution in [2.45, 2.75) is 19.9 Å². The van der Waals surface area contributed by atoms with Gasteiger partial charge >= 0.3 is 0 Å². The highest BCUT2D eigenvalue weighted by molar-refractivity contribution is 14.0. The van der Waals surface area contributed by atoms with Crippen LogP contribution in [0.4, 0.5) is 0 Å². The summed E-state index contributed by atoms with van der Waals surface area (Å²) in [5, 5.41) is 3.16. The molecule has 1 saturated heterocycles. The van der Waals surface area contributed by atoms with Crippen LogP contribution in [0.1, 0.15) is 17.0 Å². The third kappa shape index (κ3) is 6.90. The van der Waals surface area contributed by atoms with Crippen molar-refractivity contribution >= 4 is 41.3 Å². The van der Waals surface area contributed by atoms with Crippen LogP contribution in [0.25, 0.3) is 0 Å². The fourth-order valence-corrected chi connectivity index (χ4v) is 2.74. The third-order valence-corrected chi connectivity index (χ3v) is 4.22. The molecule has 1 aliphatic rings. The van der Waals surface area contributed by atoms with Gasteiger partial charge in [0.25, 0.3) is 0 Å². The number of aryl methyl sites for hydroxylation is 1. The molecule has 8 heteroatoms. The Labute approximate surface area is 147 Å². The van der Waals surface area contributed by atoms with E-state index in [9.17, 15) is 0 Å². The summed E-state index contributed by atoms with van der Waals surface area (Å²) in [6.45, 7) is 8.32. The number of thiazole rings is 1. The SMILES string of the molecule is Cc1ncsc1CN=C(N)NCCCN1CCOCC1.I. The summed E-state index contributed by atoms with van der Waals surface area (Å²) in [6.07, 6.45) is 1.07. The highest BCUT2D eigenvalue weighted by Crippen LogP contribution is 2.12. The molecule has 6 nitrogen and oxygen atoms in total. The van der Waals surface area contributed by atoms with Gasteiger partial charge in [-0.05, 0) is 19.9 Å². The van der Waals surface area contributed by atoms with Crippen LogP contribution in [0.15, 0.2) is 10.5 Å². The van der Waals surface area contributed by atoms with Crippen LogP contribution >= 0.6 is 35.3 Å². The van der Waals surface area contributed by atoms with E-state index in [1.54, 1.807) is 11.3 Å². The second-order valence-electron chi connectivity index (χ2n) is 4.80. The molecule has 1 fully saturated rings. The van der Waals surface area contributed by atoms with E-state index in [4.69, 9.17) is 10.5 Å². The highest BCUT2D eigenvalue weighted by atomic mass is 127. The molecule has 0 aliphatic carbocycles. The summed E-state index contributed by atoms with van der Waals surface area (Å²) in [4.78, 5) is 12.1. The number of rotatable bonds is 6. The number of aromatic nitrogens is 1. The van der Waals surface area contributed by atoms with Crippen molar-refractivity contribution in [1.82, 2.24) is 15.2 Å². The van der Waals surface area contributed by atoms with Crippen molar-refractivity contribution in [2.24, 2.45) is 10.7 Å². The molecule has 2 rings (SSSR count). The molecule has 2 heterocycles. The topological polar surface area (TPSA) is 75.8 Å². The van der Waals surface area contributed by atoms with Crippen molar-refractivity contribution in [2.75, 3.05) is 39.4 Å². The van der Waals surface area contributed by atoms with Gasteiger partial charge < -0.3 is 15.8 Å². The summed E-state index contributed by atoms with van der Waals surface area (Å²) in [5.41, 5.74) is 8.73. The Morgan fingerprint density at radius 2 is 2.29 bits per heavy atom. The molecule has 1 aromatic heterocycles. The lowest BCUT2D eigenvalue weighted by atomic mass is 10.3. The van der Waals surface area contributed by atoms with Gasteiger partial charge in [0.2, 0.25) is 0 Å². The van der Waals surface area contributed by atoms with Crippen molar-refractivity contribution in [3.8, 4) is 0 Å². The molecular formula is C13H24IN5OS. The van der Waals surface area contributed by atoms with Crippen LogP contribution in [-0.4, -0.2) is 55.2 Å². The molecule has 0 spiro atoms. The minimum atomic E-state index is 0. The second kappa shape index (κ2) is 10.3. The number of hydrogen-bond acceptors (Lipinski definition) is 5. The van der Waals surface area contributed by atoms with E-state index in [2.05, 4.69) is 20.2 Å². The normalized spacial score (nSPS) is 16.5. The molecule has 0 amide bonds. The number of morpholine rings is 1. The van der Waals surface area contributed by atoms with Gasteiger partial charge in [0.15, 0.2) is 5.96 Å². The van der Waals surface area contributed by atoms with Gasteiger partial charge in [-0.2, -0.15) is 0 Å². The fraction of sp³-hybridized carbons (Fsp3) is 0.692. The maximum atomic E-state index is 5.85. The van der Waals surface area contributed by atoms with Gasteiger partial charge in [-0.3, -0.25) is 4.90 Å². The van der Waals surface area contributed by atoms with E-state index in [-0.39, 0.29) is 24.0 Å². The second-order valence-corrected chi connectivity index (χ2v) is 5.74. The zero-order valence-corrected chi connectivity index (χ0v) is 15.5. The average molecular weight is 425 g/mol. The Hall–Kier alpha value is -0.450. The Balaban J connectivity index is 0.00000220. The lowest BCUT2D eigenvalue weighted by Crippen LogP contribution is -2.39. The molecular weight excluding hydrogens is 401 g/mol. The first-order valence-corrected chi connectivity index (χ1v) is 7.86. The maximum Gasteiger partial charge on any atom is 0.188 e. The average Bonchev–Trinajstić information content (AvgIpc) is 2.88. The standard InChI is InChI=1S/C13H23N5OS.HI/c1-11-12(20-10-17-11)9-16-13(14)15-3-2-4-18-5-7-19-8-6-18;/h10H,2-9H2,1H3,(H3,14,15,16);1H. The zero-order chi connectivity index (χ0) is 14.2. The summed E-state index contributed by atoms with van der Waals surface area (Å²) in [5.74, 6) is 0.514. The quantitative estimate of drug-likeness (QED) is 0.310. The van der Waals surface area contributed by atoms with Crippen LogP contribution in [-0.2, 0) is 11.3 Å². The van der Waals surface area contributed by atoms with E-state index >= 15 is 0 Å². The number of aliphatic imine (C=N–C) groups is 1. The van der Waals surface area contributed by atoms with E-state index < -0.39 is 0 Å². The molecule has 0 bridgehead atoms. The Bertz CT molecular complexity index is 434. The van der Waals surface area contributed by atoms with Crippen LogP contribution in [0.3, 0.4) is 0 Å². The molecule has 0 atom stereocenters. The van der Waals surface area contributed by atoms with Gasteiger partial charge in [-0.25, -0.2) is 9.98 Å². The molecule has 21 heavy (non-hydrogen) atoms. The Kier molecular flexibility index (Phi) is 9.13. The molecule has 3 N–H and O–H groups in total. The lowest BCUT2D eigenvalue weighted by molar-refractivity contribution is 0.0376. The Morgan fingerprint density at radius 1 is 1.52 bits per heavy atom. The van der Waals surface area contributed by atoms with Gasteiger partial charge in [-0.15, -0.1) is 35.3 Å². The summed E-state index contributed by atoms with van der Waals surface area (Å²) in [7, 11) is 0. The number of nitrogens with one attached hydrogen (secondary N) is 1. The van der Waals surface area contributed by atoms with Crippen molar-refractivity contribution in [3.63, 3.8) is 0 Å². The summed E-state index contributed by atoms with van der Waals surface area (Å²) in [6, 6.07) is 0. The Morgan fingerprint density at radius 3 is 2.95 bits per heavy atom. The van der Waals surface area contributed by atoms with Crippen molar-refractivity contribution < 1.29 is 4.74 Å². The first-order valence-electron chi connectivity index (χ1n) is 6.98. The predicted molar refractivity (Wildman–Crippen MR) is 97.5 cm³/mol. The van der Waals surface area contributed by atoms with Gasteiger partial charge in [0, 0.05) is 24.5 Å². The maximum absolute atomic E-state index is 5.85. The molecule has 1 aromatic rings. The predicted octanol–water partition coefficient (Wildman–Crippen LogP) is 1.20. The molecule has 0 saturated carbocycles. The van der Waals surface area contributed by atoms with Crippen molar-refractivity contribution in [1.29, 1.82) is 0 Å². The van der Waals surface area contributed by atoms with Gasteiger partial charge in [0.1, 0.15) is 0 Å². The van der Waals surface area contributed by atoms with E-state index in [1.165, 1.54) is 4.88 Å². The zero-order valence-electron chi connectivity index (χ0n) is 12.4. The molecule has 1 aliphatic heterocycles. The van der Waals surface area contributed by atoms with Gasteiger partial charge in [0.05, 0.1) is 31.0 Å². The minimum Gasteiger partial charge on any atom is -0.379 e. The minimum absolute atomic E-state index is 0. The number of nitrogens with two attached hydrogens (primary N) is 1. The first-order chi connectivity index (χ1) is 9.75. The van der Waals surface area contributed by atoms with E-state index in [0.717, 1.165) is 51.5 Å². The number of hydrogen-bond donors (Lipinski definition) is 2. The monoisotopic (exact) mass is 425 g/mol. The third-order valence-electron chi connectivity index (χ3n) is 3.30. The first kappa shape index (κ1) is 18.6. The lowest BCUT2D eigenvalue weighted by Gasteiger charge is -2.26. The fourth-order valence-electron chi connectivity index (χ4n) is 2.03. The molecule has 0 unspecified atom stereocenters. The van der Waals surface area contributed by atoms with Crippen LogP contribution < -0.4 is 11.1 Å². The van der Waals surface area contributed by atoms with Crippen LogP contribution in [0.2, 0.25) is 0 Å². The smallest absolute Gasteiger partial charge is 0.188 e. The van der Waals surface area contributed by atoms with Crippen LogP contribution in [0, 0.1) is 6.92 Å². The van der Waals surface area contributed by atoms with Crippen LogP contribution in [0.5, 0.6) is 0 Å². The van der Waals surface area contributed by atoms with E-state index in [1.807, 2.05) is 12.4 Å². The largest absolute Gasteiger partial charge is 0.379 e. The molecule has 0 aromatic carbocycles. The van der Waals surface area contributed by atoms with Crippen molar-refractivity contribution in [3.05, 3.63) is 16.1 Å². The molecule has 0 radical (unpaired) electrons. The number of ether oxygens (including phenoxy) is 1. The number of halogens is 1. The molecule has 120 valence electrons. The number of nitrogens with zero attached hydrogens (tertiary/aromatic N) is 3. The summed E-state index contributed by atoms with van der Waals surface area (Å²) < 4.78 is 5.32. The number of guanidine groups is 1. The van der Waals surface area contributed by atoms with E-state index in [0.29, 0.717) is 12.5 Å².